The molecule has 2 atom stereocenters. The van der Waals surface area contributed by atoms with E-state index in [4.69, 9.17) is 10.2 Å². The number of aliphatic hydroxyl groups is 1. The topological polar surface area (TPSA) is 98.7 Å². The summed E-state index contributed by atoms with van der Waals surface area (Å²) in [7, 11) is 0. The Kier molecular flexibility index (Phi) is 6.64. The second-order valence-corrected chi connectivity index (χ2v) is 3.43. The fourth-order valence-electron chi connectivity index (χ4n) is 1.00. The number of aliphatic hydroxyl groups excluding tert-OH is 1. The Hall–Kier alpha value is -1.14. The lowest BCUT2D eigenvalue weighted by Crippen LogP contribution is -2.46. The van der Waals surface area contributed by atoms with Crippen molar-refractivity contribution in [3.8, 4) is 0 Å². The first-order chi connectivity index (χ1) is 6.93. The molecule has 6 heteroatoms. The fourth-order valence-corrected chi connectivity index (χ4v) is 1.00. The Morgan fingerprint density at radius 3 is 2.40 bits per heavy atom. The average molecular weight is 218 g/mol. The van der Waals surface area contributed by atoms with E-state index < -0.39 is 18.1 Å². The maximum atomic E-state index is 10.7. The third kappa shape index (κ3) is 7.90. The van der Waals surface area contributed by atoms with Gasteiger partial charge < -0.3 is 20.8 Å². The minimum absolute atomic E-state index is 0.154. The van der Waals surface area contributed by atoms with Gasteiger partial charge in [0, 0.05) is 13.5 Å². The minimum atomic E-state index is -1.07. The van der Waals surface area contributed by atoms with E-state index in [1.165, 1.54) is 6.92 Å². The molecule has 1 amide bonds. The zero-order valence-corrected chi connectivity index (χ0v) is 8.99. The lowest BCUT2D eigenvalue weighted by Gasteiger charge is -2.14. The highest BCUT2D eigenvalue weighted by molar-refractivity contribution is 5.82. The molecule has 4 N–H and O–H groups in total. The van der Waals surface area contributed by atoms with E-state index >= 15 is 0 Å². The number of nitrogens with one attached hydrogen (secondary N) is 2. The molecule has 0 aliphatic rings. The highest BCUT2D eigenvalue weighted by Crippen LogP contribution is 1.87. The van der Waals surface area contributed by atoms with Crippen molar-refractivity contribution < 1.29 is 19.8 Å². The Balaban J connectivity index is 3.77. The van der Waals surface area contributed by atoms with Crippen LogP contribution < -0.4 is 10.6 Å². The number of carboxylic acids is 1. The number of hydrogen-bond donors (Lipinski definition) is 4. The molecule has 0 bridgehead atoms. The summed E-state index contributed by atoms with van der Waals surface area (Å²) in [6.45, 7) is 3.60. The van der Waals surface area contributed by atoms with Gasteiger partial charge in [0.05, 0.1) is 6.10 Å². The van der Waals surface area contributed by atoms with Crippen LogP contribution in [0.4, 0.5) is 0 Å². The summed E-state index contributed by atoms with van der Waals surface area (Å²) in [5, 5.41) is 22.8. The smallest absolute Gasteiger partial charge is 0.327 e. The van der Waals surface area contributed by atoms with E-state index in [9.17, 15) is 9.59 Å². The third-order valence-corrected chi connectivity index (χ3v) is 1.76. The van der Waals surface area contributed by atoms with Crippen molar-refractivity contribution in [2.24, 2.45) is 0 Å². The zero-order chi connectivity index (χ0) is 11.8. The maximum Gasteiger partial charge on any atom is 0.327 e. The summed E-state index contributed by atoms with van der Waals surface area (Å²) in [6, 6.07) is -0.920. The van der Waals surface area contributed by atoms with Gasteiger partial charge in [-0.05, 0) is 19.9 Å². The molecule has 6 nitrogen and oxygen atoms in total. The lowest BCUT2D eigenvalue weighted by atomic mass is 10.2. The molecule has 88 valence electrons. The number of rotatable bonds is 7. The quantitative estimate of drug-likeness (QED) is 0.408. The van der Waals surface area contributed by atoms with Crippen molar-refractivity contribution in [3.63, 3.8) is 0 Å². The summed E-state index contributed by atoms with van der Waals surface area (Å²) in [5.74, 6) is -1.45. The Bertz CT molecular complexity index is 218. The molecule has 0 saturated carbocycles. The van der Waals surface area contributed by atoms with Crippen molar-refractivity contribution in [1.82, 2.24) is 10.6 Å². The predicted molar refractivity (Wildman–Crippen MR) is 54.4 cm³/mol. The third-order valence-electron chi connectivity index (χ3n) is 1.76. The number of hydrogen-bond acceptors (Lipinski definition) is 4. The monoisotopic (exact) mass is 218 g/mol. The lowest BCUT2D eigenvalue weighted by molar-refractivity contribution is -0.141. The number of aliphatic carboxylic acids is 1. The van der Waals surface area contributed by atoms with Gasteiger partial charge in [-0.2, -0.15) is 0 Å². The molecule has 0 heterocycles. The first-order valence-electron chi connectivity index (χ1n) is 4.82. The summed E-state index contributed by atoms with van der Waals surface area (Å²) in [6.07, 6.45) is 0.133. The van der Waals surface area contributed by atoms with Crippen LogP contribution in [0, 0.1) is 0 Å². The molecule has 0 fully saturated rings. The van der Waals surface area contributed by atoms with E-state index in [0.29, 0.717) is 13.0 Å². The predicted octanol–water partition coefficient (Wildman–Crippen LogP) is -1.06. The molecule has 0 aromatic carbocycles. The van der Waals surface area contributed by atoms with E-state index in [1.807, 2.05) is 0 Å². The fraction of sp³-hybridized carbons (Fsp3) is 0.778. The van der Waals surface area contributed by atoms with Gasteiger partial charge in [-0.25, -0.2) is 4.79 Å². The van der Waals surface area contributed by atoms with Crippen LogP contribution in [0.3, 0.4) is 0 Å². The van der Waals surface area contributed by atoms with Gasteiger partial charge in [0.25, 0.3) is 0 Å². The highest BCUT2D eigenvalue weighted by atomic mass is 16.4. The van der Waals surface area contributed by atoms with Crippen LogP contribution in [-0.2, 0) is 9.59 Å². The first kappa shape index (κ1) is 13.9. The van der Waals surface area contributed by atoms with Crippen LogP contribution in [0.1, 0.15) is 20.3 Å². The molecule has 0 aromatic rings. The van der Waals surface area contributed by atoms with Gasteiger partial charge in [0.1, 0.15) is 6.04 Å². The van der Waals surface area contributed by atoms with E-state index in [2.05, 4.69) is 10.6 Å². The van der Waals surface area contributed by atoms with Crippen molar-refractivity contribution >= 4 is 11.9 Å². The van der Waals surface area contributed by atoms with Crippen molar-refractivity contribution in [2.45, 2.75) is 32.4 Å². The van der Waals surface area contributed by atoms with Crippen LogP contribution in [0.15, 0.2) is 0 Å². The minimum Gasteiger partial charge on any atom is -0.480 e. The van der Waals surface area contributed by atoms with E-state index in [-0.39, 0.29) is 12.5 Å². The van der Waals surface area contributed by atoms with Crippen LogP contribution in [-0.4, -0.2) is 47.3 Å². The summed E-state index contributed by atoms with van der Waals surface area (Å²) in [5.41, 5.74) is 0. The summed E-state index contributed by atoms with van der Waals surface area (Å²) >= 11 is 0. The first-order valence-corrected chi connectivity index (χ1v) is 4.82. The van der Waals surface area contributed by atoms with Gasteiger partial charge in [0.15, 0.2) is 0 Å². The number of carboxylic acid groups (broad SMARTS) is 1. The van der Waals surface area contributed by atoms with Crippen LogP contribution in [0.25, 0.3) is 0 Å². The zero-order valence-electron chi connectivity index (χ0n) is 8.99. The SMILES string of the molecule is CC(=O)NC(CNCCC(C)O)C(=O)O. The molecule has 0 aliphatic carbocycles. The molecular formula is C9H18N2O4. The molecule has 0 aromatic heterocycles. The van der Waals surface area contributed by atoms with Crippen LogP contribution >= 0.6 is 0 Å². The molecule has 0 rings (SSSR count). The average Bonchev–Trinajstić information content (AvgIpc) is 2.08. The summed E-state index contributed by atoms with van der Waals surface area (Å²) < 4.78 is 0. The molecule has 2 unspecified atom stereocenters. The highest BCUT2D eigenvalue weighted by Gasteiger charge is 2.17. The second-order valence-electron chi connectivity index (χ2n) is 3.43. The summed E-state index contributed by atoms with van der Waals surface area (Å²) in [4.78, 5) is 21.3. The van der Waals surface area contributed by atoms with Gasteiger partial charge in [0.2, 0.25) is 5.91 Å². The van der Waals surface area contributed by atoms with Crippen molar-refractivity contribution in [1.29, 1.82) is 0 Å². The molecule has 0 radical (unpaired) electrons. The normalized spacial score (nSPS) is 14.3. The Labute approximate surface area is 88.7 Å². The van der Waals surface area contributed by atoms with Crippen LogP contribution in [0.5, 0.6) is 0 Å². The number of amides is 1. The number of carbonyl (C=O) groups excluding carboxylic acids is 1. The molecule has 0 spiro atoms. The van der Waals surface area contributed by atoms with Gasteiger partial charge in [-0.15, -0.1) is 0 Å². The Morgan fingerprint density at radius 1 is 1.40 bits per heavy atom. The second kappa shape index (κ2) is 7.19. The molecule has 0 saturated heterocycles. The van der Waals surface area contributed by atoms with Gasteiger partial charge in [-0.1, -0.05) is 0 Å². The molecular weight excluding hydrogens is 200 g/mol. The van der Waals surface area contributed by atoms with Crippen molar-refractivity contribution in [3.05, 3.63) is 0 Å². The van der Waals surface area contributed by atoms with Crippen LogP contribution in [0.2, 0.25) is 0 Å². The largest absolute Gasteiger partial charge is 0.480 e. The van der Waals surface area contributed by atoms with Crippen molar-refractivity contribution in [2.75, 3.05) is 13.1 Å². The van der Waals surface area contributed by atoms with E-state index in [1.54, 1.807) is 6.92 Å². The standard InChI is InChI=1S/C9H18N2O4/c1-6(12)3-4-10-5-8(9(14)15)11-7(2)13/h6,8,10,12H,3-5H2,1-2H3,(H,11,13)(H,14,15). The van der Waals surface area contributed by atoms with Gasteiger partial charge in [-0.3, -0.25) is 4.79 Å². The van der Waals surface area contributed by atoms with E-state index in [0.717, 1.165) is 0 Å². The number of carbonyl (C=O) groups is 2. The Morgan fingerprint density at radius 2 is 2.00 bits per heavy atom. The maximum absolute atomic E-state index is 10.7. The van der Waals surface area contributed by atoms with Gasteiger partial charge >= 0.3 is 5.97 Å². The molecule has 15 heavy (non-hydrogen) atoms. The molecule has 0 aliphatic heterocycles.